The molecule has 2 aromatic rings. The lowest BCUT2D eigenvalue weighted by Gasteiger charge is -2.14. The first kappa shape index (κ1) is 11.0. The highest BCUT2D eigenvalue weighted by molar-refractivity contribution is 7.11. The van der Waals surface area contributed by atoms with Crippen LogP contribution in [-0.4, -0.2) is 22.6 Å². The molecule has 0 radical (unpaired) electrons. The third-order valence-corrected chi connectivity index (χ3v) is 4.44. The van der Waals surface area contributed by atoms with E-state index in [0.29, 0.717) is 12.0 Å². The predicted octanol–water partition coefficient (Wildman–Crippen LogP) is 2.87. The molecule has 17 heavy (non-hydrogen) atoms. The van der Waals surface area contributed by atoms with Crippen molar-refractivity contribution in [1.82, 2.24) is 4.37 Å². The van der Waals surface area contributed by atoms with Gasteiger partial charge in [0.05, 0.1) is 5.52 Å². The maximum atomic E-state index is 9.03. The molecule has 0 atom stereocenters. The number of benzene rings is 1. The van der Waals surface area contributed by atoms with Gasteiger partial charge < -0.3 is 10.4 Å². The molecule has 0 saturated heterocycles. The van der Waals surface area contributed by atoms with Crippen LogP contribution in [0.5, 0.6) is 0 Å². The van der Waals surface area contributed by atoms with Gasteiger partial charge >= 0.3 is 0 Å². The van der Waals surface area contributed by atoms with Crippen LogP contribution in [0.15, 0.2) is 24.3 Å². The quantitative estimate of drug-likeness (QED) is 0.855. The lowest BCUT2D eigenvalue weighted by atomic mass is 10.0. The van der Waals surface area contributed by atoms with Crippen molar-refractivity contribution in [2.75, 3.05) is 18.5 Å². The summed E-state index contributed by atoms with van der Waals surface area (Å²) in [6.45, 7) is 1.25. The maximum absolute atomic E-state index is 9.03. The molecule has 1 fully saturated rings. The molecule has 4 heteroatoms. The molecule has 0 unspecified atom stereocenters. The standard InChI is InChI=1S/C13H16N2OS/c16-8-7-13(5-6-13)9-14-12-10-3-1-2-4-11(10)15-17-12/h1-4,14,16H,5-9H2. The van der Waals surface area contributed by atoms with E-state index in [0.717, 1.165) is 23.5 Å². The summed E-state index contributed by atoms with van der Waals surface area (Å²) in [6.07, 6.45) is 3.38. The van der Waals surface area contributed by atoms with Crippen LogP contribution in [0.2, 0.25) is 0 Å². The van der Waals surface area contributed by atoms with Crippen LogP contribution in [-0.2, 0) is 0 Å². The smallest absolute Gasteiger partial charge is 0.117 e. The van der Waals surface area contributed by atoms with E-state index in [9.17, 15) is 0 Å². The number of nitrogens with zero attached hydrogens (tertiary/aromatic N) is 1. The van der Waals surface area contributed by atoms with Crippen LogP contribution < -0.4 is 5.32 Å². The number of fused-ring (bicyclic) bond motifs is 1. The third kappa shape index (κ3) is 2.15. The Kier molecular flexibility index (Phi) is 2.76. The highest BCUT2D eigenvalue weighted by Gasteiger charge is 2.41. The minimum atomic E-state index is 0.297. The summed E-state index contributed by atoms with van der Waals surface area (Å²) in [5.41, 5.74) is 1.41. The number of rotatable bonds is 5. The van der Waals surface area contributed by atoms with Crippen molar-refractivity contribution >= 4 is 27.4 Å². The van der Waals surface area contributed by atoms with E-state index in [2.05, 4.69) is 15.8 Å². The van der Waals surface area contributed by atoms with Crippen LogP contribution in [0.4, 0.5) is 5.00 Å². The fourth-order valence-corrected chi connectivity index (χ4v) is 2.97. The summed E-state index contributed by atoms with van der Waals surface area (Å²) in [4.78, 5) is 0. The van der Waals surface area contributed by atoms with Gasteiger partial charge in [-0.3, -0.25) is 0 Å². The summed E-state index contributed by atoms with van der Waals surface area (Å²) in [5.74, 6) is 0. The van der Waals surface area contributed by atoms with Crippen molar-refractivity contribution in [3.8, 4) is 0 Å². The van der Waals surface area contributed by atoms with Crippen LogP contribution >= 0.6 is 11.5 Å². The average molecular weight is 248 g/mol. The fraction of sp³-hybridized carbons (Fsp3) is 0.462. The summed E-state index contributed by atoms with van der Waals surface area (Å²) in [6, 6.07) is 8.20. The van der Waals surface area contributed by atoms with Gasteiger partial charge in [0.2, 0.25) is 0 Å². The van der Waals surface area contributed by atoms with Crippen molar-refractivity contribution in [3.05, 3.63) is 24.3 Å². The van der Waals surface area contributed by atoms with Gasteiger partial charge in [0, 0.05) is 18.5 Å². The number of aromatic nitrogens is 1. The van der Waals surface area contributed by atoms with E-state index >= 15 is 0 Å². The largest absolute Gasteiger partial charge is 0.396 e. The zero-order valence-corrected chi connectivity index (χ0v) is 10.5. The molecule has 1 aliphatic rings. The van der Waals surface area contributed by atoms with Crippen molar-refractivity contribution < 1.29 is 5.11 Å². The zero-order valence-electron chi connectivity index (χ0n) is 9.65. The molecule has 3 nitrogen and oxygen atoms in total. The van der Waals surface area contributed by atoms with Crippen LogP contribution in [0.25, 0.3) is 10.9 Å². The van der Waals surface area contributed by atoms with Crippen molar-refractivity contribution in [2.24, 2.45) is 5.41 Å². The van der Waals surface area contributed by atoms with Gasteiger partial charge in [0.1, 0.15) is 5.00 Å². The average Bonchev–Trinajstić information content (AvgIpc) is 3.00. The van der Waals surface area contributed by atoms with Crippen LogP contribution in [0, 0.1) is 5.41 Å². The number of anilines is 1. The molecular formula is C13H16N2OS. The second-order valence-electron chi connectivity index (χ2n) is 4.86. The SMILES string of the molecule is OCCC1(CNc2snc3ccccc23)CC1. The Balaban J connectivity index is 1.73. The first-order chi connectivity index (χ1) is 8.33. The van der Waals surface area contributed by atoms with E-state index in [4.69, 9.17) is 5.11 Å². The van der Waals surface area contributed by atoms with E-state index in [-0.39, 0.29) is 0 Å². The van der Waals surface area contributed by atoms with E-state index in [1.807, 2.05) is 18.2 Å². The molecule has 2 N–H and O–H groups in total. The zero-order chi connectivity index (χ0) is 11.7. The number of aliphatic hydroxyl groups excluding tert-OH is 1. The molecule has 3 rings (SSSR count). The maximum Gasteiger partial charge on any atom is 0.117 e. The number of aliphatic hydroxyl groups is 1. The van der Waals surface area contributed by atoms with Gasteiger partial charge in [-0.2, -0.15) is 4.37 Å². The Morgan fingerprint density at radius 3 is 2.94 bits per heavy atom. The molecular weight excluding hydrogens is 232 g/mol. The minimum Gasteiger partial charge on any atom is -0.396 e. The topological polar surface area (TPSA) is 45.1 Å². The highest BCUT2D eigenvalue weighted by Crippen LogP contribution is 2.48. The second kappa shape index (κ2) is 4.27. The second-order valence-corrected chi connectivity index (χ2v) is 5.63. The summed E-state index contributed by atoms with van der Waals surface area (Å²) >= 11 is 1.53. The molecule has 1 aliphatic carbocycles. The first-order valence-electron chi connectivity index (χ1n) is 6.02. The summed E-state index contributed by atoms with van der Waals surface area (Å²) < 4.78 is 4.42. The Hall–Kier alpha value is -1.13. The van der Waals surface area contributed by atoms with Gasteiger partial charge in [0.15, 0.2) is 0 Å². The van der Waals surface area contributed by atoms with Gasteiger partial charge in [0.25, 0.3) is 0 Å². The van der Waals surface area contributed by atoms with Crippen molar-refractivity contribution in [2.45, 2.75) is 19.3 Å². The van der Waals surface area contributed by atoms with Gasteiger partial charge in [-0.15, -0.1) is 0 Å². The van der Waals surface area contributed by atoms with Crippen molar-refractivity contribution in [1.29, 1.82) is 0 Å². The molecule has 0 aliphatic heterocycles. The number of nitrogens with one attached hydrogen (secondary N) is 1. The highest BCUT2D eigenvalue weighted by atomic mass is 32.1. The third-order valence-electron chi connectivity index (χ3n) is 3.61. The van der Waals surface area contributed by atoms with Gasteiger partial charge in [-0.25, -0.2) is 0 Å². The van der Waals surface area contributed by atoms with Gasteiger partial charge in [-0.1, -0.05) is 12.1 Å². The first-order valence-corrected chi connectivity index (χ1v) is 6.80. The van der Waals surface area contributed by atoms with E-state index < -0.39 is 0 Å². The fourth-order valence-electron chi connectivity index (χ4n) is 2.21. The predicted molar refractivity (Wildman–Crippen MR) is 71.5 cm³/mol. The monoisotopic (exact) mass is 248 g/mol. The molecule has 90 valence electrons. The Morgan fingerprint density at radius 2 is 2.18 bits per heavy atom. The lowest BCUT2D eigenvalue weighted by molar-refractivity contribution is 0.253. The number of hydrogen-bond acceptors (Lipinski definition) is 4. The molecule has 1 saturated carbocycles. The summed E-state index contributed by atoms with van der Waals surface area (Å²) in [5, 5.41) is 14.9. The number of hydrogen-bond donors (Lipinski definition) is 2. The molecule has 0 amide bonds. The molecule has 1 heterocycles. The Labute approximate surface area is 105 Å². The Morgan fingerprint density at radius 1 is 1.35 bits per heavy atom. The molecule has 0 spiro atoms. The van der Waals surface area contributed by atoms with Crippen LogP contribution in [0.1, 0.15) is 19.3 Å². The minimum absolute atomic E-state index is 0.297. The Bertz CT molecular complexity index is 519. The lowest BCUT2D eigenvalue weighted by Crippen LogP contribution is -2.16. The molecule has 1 aromatic heterocycles. The summed E-state index contributed by atoms with van der Waals surface area (Å²) in [7, 11) is 0. The van der Waals surface area contributed by atoms with E-state index in [1.165, 1.54) is 29.8 Å². The van der Waals surface area contributed by atoms with Crippen molar-refractivity contribution in [3.63, 3.8) is 0 Å². The van der Waals surface area contributed by atoms with Gasteiger partial charge in [-0.05, 0) is 48.3 Å². The molecule has 1 aromatic carbocycles. The van der Waals surface area contributed by atoms with E-state index in [1.54, 1.807) is 0 Å². The van der Waals surface area contributed by atoms with Crippen LogP contribution in [0.3, 0.4) is 0 Å². The molecule has 0 bridgehead atoms. The normalized spacial score (nSPS) is 17.2.